The van der Waals surface area contributed by atoms with Gasteiger partial charge in [0.2, 0.25) is 0 Å². The molecule has 1 N–H and O–H groups in total. The third-order valence-corrected chi connectivity index (χ3v) is 5.17. The lowest BCUT2D eigenvalue weighted by molar-refractivity contribution is 0.337. The van der Waals surface area contributed by atoms with Crippen LogP contribution >= 0.6 is 31.9 Å². The highest BCUT2D eigenvalue weighted by Crippen LogP contribution is 2.47. The molecular weight excluding hydrogens is 378 g/mol. The molecular formula is C17H17Br2N. The highest BCUT2D eigenvalue weighted by Gasteiger charge is 2.38. The third-order valence-electron chi connectivity index (χ3n) is 4.02. The van der Waals surface area contributed by atoms with Gasteiger partial charge in [-0.2, -0.15) is 0 Å². The van der Waals surface area contributed by atoms with Gasteiger partial charge in [-0.1, -0.05) is 54.0 Å². The number of halogens is 2. The molecule has 1 unspecified atom stereocenters. The summed E-state index contributed by atoms with van der Waals surface area (Å²) in [5, 5.41) is 3.72. The van der Waals surface area contributed by atoms with E-state index in [0.29, 0.717) is 6.04 Å². The first kappa shape index (κ1) is 14.2. The van der Waals surface area contributed by atoms with Gasteiger partial charge in [-0.15, -0.1) is 0 Å². The molecule has 0 amide bonds. The number of rotatable bonds is 2. The SMILES string of the molecule is CC1(C)Cc2ccccc2C1Nc1ccc(Br)cc1Br. The second kappa shape index (κ2) is 5.19. The topological polar surface area (TPSA) is 12.0 Å². The number of fused-ring (bicyclic) bond motifs is 1. The second-order valence-electron chi connectivity index (χ2n) is 6.07. The molecule has 1 aliphatic rings. The fourth-order valence-electron chi connectivity index (χ4n) is 3.03. The van der Waals surface area contributed by atoms with Crippen molar-refractivity contribution in [1.29, 1.82) is 0 Å². The fraction of sp³-hybridized carbons (Fsp3) is 0.294. The molecule has 1 atom stereocenters. The zero-order valence-corrected chi connectivity index (χ0v) is 14.8. The first-order valence-electron chi connectivity index (χ1n) is 6.77. The molecule has 0 fully saturated rings. The lowest BCUT2D eigenvalue weighted by Gasteiger charge is -2.30. The highest BCUT2D eigenvalue weighted by atomic mass is 79.9. The average Bonchev–Trinajstić information content (AvgIpc) is 2.63. The van der Waals surface area contributed by atoms with Gasteiger partial charge in [0.25, 0.3) is 0 Å². The van der Waals surface area contributed by atoms with Crippen molar-refractivity contribution in [3.8, 4) is 0 Å². The van der Waals surface area contributed by atoms with Crippen LogP contribution in [0.5, 0.6) is 0 Å². The Kier molecular flexibility index (Phi) is 3.67. The van der Waals surface area contributed by atoms with Crippen LogP contribution in [0.1, 0.15) is 31.0 Å². The van der Waals surface area contributed by atoms with Gasteiger partial charge in [0, 0.05) is 14.6 Å². The summed E-state index contributed by atoms with van der Waals surface area (Å²) < 4.78 is 2.17. The van der Waals surface area contributed by atoms with E-state index in [-0.39, 0.29) is 5.41 Å². The second-order valence-corrected chi connectivity index (χ2v) is 7.84. The molecule has 0 aromatic heterocycles. The van der Waals surface area contributed by atoms with Crippen molar-refractivity contribution in [2.45, 2.75) is 26.3 Å². The largest absolute Gasteiger partial charge is 0.377 e. The normalized spacial score (nSPS) is 19.7. The van der Waals surface area contributed by atoms with E-state index in [2.05, 4.69) is 93.5 Å². The van der Waals surface area contributed by atoms with Crippen LogP contribution in [0.3, 0.4) is 0 Å². The third kappa shape index (κ3) is 2.53. The predicted molar refractivity (Wildman–Crippen MR) is 92.1 cm³/mol. The summed E-state index contributed by atoms with van der Waals surface area (Å²) >= 11 is 7.14. The van der Waals surface area contributed by atoms with Crippen molar-refractivity contribution in [3.05, 3.63) is 62.5 Å². The molecule has 0 heterocycles. The van der Waals surface area contributed by atoms with Gasteiger partial charge in [0.1, 0.15) is 0 Å². The van der Waals surface area contributed by atoms with Gasteiger partial charge in [-0.3, -0.25) is 0 Å². The average molecular weight is 395 g/mol. The van der Waals surface area contributed by atoms with Gasteiger partial charge < -0.3 is 5.32 Å². The van der Waals surface area contributed by atoms with Gasteiger partial charge in [-0.25, -0.2) is 0 Å². The standard InChI is InChI=1S/C17H17Br2N/c1-17(2)10-11-5-3-4-6-13(11)16(17)20-15-8-7-12(18)9-14(15)19/h3-9,16,20H,10H2,1-2H3. The van der Waals surface area contributed by atoms with Crippen molar-refractivity contribution in [3.63, 3.8) is 0 Å². The Morgan fingerprint density at radius 3 is 2.60 bits per heavy atom. The molecule has 1 aliphatic carbocycles. The van der Waals surface area contributed by atoms with E-state index in [9.17, 15) is 0 Å². The Morgan fingerprint density at radius 2 is 1.85 bits per heavy atom. The predicted octanol–water partition coefficient (Wildman–Crippen LogP) is 5.95. The van der Waals surface area contributed by atoms with Crippen molar-refractivity contribution < 1.29 is 0 Å². The van der Waals surface area contributed by atoms with E-state index < -0.39 is 0 Å². The lowest BCUT2D eigenvalue weighted by Crippen LogP contribution is -2.24. The molecule has 0 bridgehead atoms. The van der Waals surface area contributed by atoms with Crippen LogP contribution in [0.25, 0.3) is 0 Å². The van der Waals surface area contributed by atoms with E-state index in [0.717, 1.165) is 21.1 Å². The molecule has 0 radical (unpaired) electrons. The van der Waals surface area contributed by atoms with Gasteiger partial charge in [0.05, 0.1) is 6.04 Å². The Hall–Kier alpha value is -0.800. The number of nitrogens with one attached hydrogen (secondary N) is 1. The summed E-state index contributed by atoms with van der Waals surface area (Å²) in [4.78, 5) is 0. The summed E-state index contributed by atoms with van der Waals surface area (Å²) in [5.74, 6) is 0. The van der Waals surface area contributed by atoms with E-state index in [4.69, 9.17) is 0 Å². The highest BCUT2D eigenvalue weighted by molar-refractivity contribution is 9.11. The van der Waals surface area contributed by atoms with Crippen LogP contribution in [0.4, 0.5) is 5.69 Å². The molecule has 20 heavy (non-hydrogen) atoms. The maximum Gasteiger partial charge on any atom is 0.0571 e. The molecule has 104 valence electrons. The number of hydrogen-bond acceptors (Lipinski definition) is 1. The summed E-state index contributed by atoms with van der Waals surface area (Å²) in [5.41, 5.74) is 4.24. The number of anilines is 1. The number of benzene rings is 2. The smallest absolute Gasteiger partial charge is 0.0571 e. The molecule has 0 spiro atoms. The van der Waals surface area contributed by atoms with Crippen molar-refractivity contribution in [1.82, 2.24) is 0 Å². The van der Waals surface area contributed by atoms with Crippen LogP contribution in [-0.2, 0) is 6.42 Å². The Balaban J connectivity index is 1.97. The van der Waals surface area contributed by atoms with E-state index in [1.807, 2.05) is 0 Å². The minimum Gasteiger partial charge on any atom is -0.377 e. The van der Waals surface area contributed by atoms with E-state index in [1.54, 1.807) is 0 Å². The Bertz CT molecular complexity index is 649. The van der Waals surface area contributed by atoms with Crippen LogP contribution in [-0.4, -0.2) is 0 Å². The molecule has 2 aromatic rings. The molecule has 1 nitrogen and oxygen atoms in total. The Morgan fingerprint density at radius 1 is 1.10 bits per heavy atom. The monoisotopic (exact) mass is 393 g/mol. The summed E-state index contributed by atoms with van der Waals surface area (Å²) in [6, 6.07) is 15.4. The number of hydrogen-bond donors (Lipinski definition) is 1. The molecule has 0 aliphatic heterocycles. The first-order chi connectivity index (χ1) is 9.47. The molecule has 0 saturated heterocycles. The molecule has 3 heteroatoms. The zero-order valence-electron chi connectivity index (χ0n) is 11.6. The summed E-state index contributed by atoms with van der Waals surface area (Å²) in [6.45, 7) is 4.66. The lowest BCUT2D eigenvalue weighted by atomic mass is 9.85. The minimum atomic E-state index is 0.218. The Labute approximate surface area is 137 Å². The summed E-state index contributed by atoms with van der Waals surface area (Å²) in [7, 11) is 0. The zero-order chi connectivity index (χ0) is 14.3. The van der Waals surface area contributed by atoms with E-state index in [1.165, 1.54) is 11.1 Å². The molecule has 0 saturated carbocycles. The maximum absolute atomic E-state index is 3.72. The van der Waals surface area contributed by atoms with Crippen molar-refractivity contribution >= 4 is 37.5 Å². The van der Waals surface area contributed by atoms with E-state index >= 15 is 0 Å². The molecule has 3 rings (SSSR count). The van der Waals surface area contributed by atoms with Crippen LogP contribution < -0.4 is 5.32 Å². The van der Waals surface area contributed by atoms with Crippen LogP contribution in [0.15, 0.2) is 51.4 Å². The summed E-state index contributed by atoms with van der Waals surface area (Å²) in [6.07, 6.45) is 1.12. The quantitative estimate of drug-likeness (QED) is 0.663. The van der Waals surface area contributed by atoms with Gasteiger partial charge in [0.15, 0.2) is 0 Å². The van der Waals surface area contributed by atoms with Crippen LogP contribution in [0.2, 0.25) is 0 Å². The molecule has 2 aromatic carbocycles. The first-order valence-corrected chi connectivity index (χ1v) is 8.35. The van der Waals surface area contributed by atoms with Gasteiger partial charge >= 0.3 is 0 Å². The van der Waals surface area contributed by atoms with Gasteiger partial charge in [-0.05, 0) is 57.1 Å². The van der Waals surface area contributed by atoms with Crippen molar-refractivity contribution in [2.24, 2.45) is 5.41 Å². The minimum absolute atomic E-state index is 0.218. The maximum atomic E-state index is 3.72. The van der Waals surface area contributed by atoms with Crippen LogP contribution in [0, 0.1) is 5.41 Å². The fourth-order valence-corrected chi connectivity index (χ4v) is 4.19. The van der Waals surface area contributed by atoms with Crippen molar-refractivity contribution in [2.75, 3.05) is 5.32 Å².